The van der Waals surface area contributed by atoms with Crippen molar-refractivity contribution in [3.8, 4) is 11.5 Å². The van der Waals surface area contributed by atoms with Crippen LogP contribution in [0.2, 0.25) is 0 Å². The second-order valence-electron chi connectivity index (χ2n) is 11.7. The van der Waals surface area contributed by atoms with Crippen molar-refractivity contribution in [2.24, 2.45) is 10.7 Å². The highest BCUT2D eigenvalue weighted by atomic mass is 16.5. The molecule has 0 spiro atoms. The number of benzene rings is 2. The molecule has 9 heteroatoms. The topological polar surface area (TPSA) is 126 Å². The van der Waals surface area contributed by atoms with Gasteiger partial charge in [-0.05, 0) is 75.4 Å². The van der Waals surface area contributed by atoms with Crippen molar-refractivity contribution in [1.29, 1.82) is 0 Å². The number of nitrogens with one attached hydrogen (secondary N) is 1. The summed E-state index contributed by atoms with van der Waals surface area (Å²) in [5.41, 5.74) is 8.04. The Morgan fingerprint density at radius 3 is 2.72 bits per heavy atom. The first-order valence-corrected chi connectivity index (χ1v) is 13.9. The van der Waals surface area contributed by atoms with E-state index in [-0.39, 0.29) is 23.8 Å². The van der Waals surface area contributed by atoms with Crippen LogP contribution in [0.25, 0.3) is 0 Å². The minimum absolute atomic E-state index is 0.0542. The lowest BCUT2D eigenvalue weighted by atomic mass is 9.83. The van der Waals surface area contributed by atoms with Gasteiger partial charge in [0.05, 0.1) is 30.7 Å². The summed E-state index contributed by atoms with van der Waals surface area (Å²) in [5, 5.41) is 14.4. The standard InChI is InChI=1S/C30H36N4O5/c1-4-30-12-5-6-17-7-9-23-20(14-17)25(26(36)29(2,3)39-23)32-27(37)18-8-10-22-19(15-18)21(11-13-38-22)34(24(35)16-30)28(31)33-30/h7-10,14-15,21,25-26,36H,4-6,11-13,16H2,1-3H3,(H2,31,33)(H,32,37)/t21-,25-,26+,30-/m1/s1. The first-order chi connectivity index (χ1) is 18.6. The average molecular weight is 533 g/mol. The molecule has 2 aromatic rings. The fourth-order valence-electron chi connectivity index (χ4n) is 6.48. The molecule has 5 aliphatic heterocycles. The fraction of sp³-hybridized carbons (Fsp3) is 0.500. The van der Waals surface area contributed by atoms with E-state index in [9.17, 15) is 14.7 Å². The molecule has 9 nitrogen and oxygen atoms in total. The van der Waals surface area contributed by atoms with Crippen molar-refractivity contribution in [2.75, 3.05) is 6.61 Å². The summed E-state index contributed by atoms with van der Waals surface area (Å²) >= 11 is 0. The van der Waals surface area contributed by atoms with Gasteiger partial charge >= 0.3 is 0 Å². The maximum atomic E-state index is 13.6. The van der Waals surface area contributed by atoms with E-state index < -0.39 is 23.3 Å². The molecule has 7 rings (SSSR count). The van der Waals surface area contributed by atoms with E-state index in [0.29, 0.717) is 42.9 Å². The summed E-state index contributed by atoms with van der Waals surface area (Å²) in [7, 11) is 0. The Bertz CT molecular complexity index is 1370. The Morgan fingerprint density at radius 2 is 1.95 bits per heavy atom. The van der Waals surface area contributed by atoms with Crippen LogP contribution in [0.1, 0.15) is 92.0 Å². The average Bonchev–Trinajstić information content (AvgIpc) is 2.90. The summed E-state index contributed by atoms with van der Waals surface area (Å²) in [5.74, 6) is 1.11. The number of nitrogens with two attached hydrogens (primary N) is 1. The Kier molecular flexibility index (Phi) is 6.10. The lowest BCUT2D eigenvalue weighted by Gasteiger charge is -2.42. The number of nitrogens with zero attached hydrogens (tertiary/aromatic N) is 2. The van der Waals surface area contributed by atoms with E-state index in [2.05, 4.69) is 12.2 Å². The monoisotopic (exact) mass is 532 g/mol. The van der Waals surface area contributed by atoms with Crippen LogP contribution >= 0.6 is 0 Å². The number of ether oxygens (including phenoxy) is 2. The Morgan fingerprint density at radius 1 is 1.15 bits per heavy atom. The second-order valence-corrected chi connectivity index (χ2v) is 11.7. The van der Waals surface area contributed by atoms with Crippen LogP contribution in [0.5, 0.6) is 11.5 Å². The minimum atomic E-state index is -0.962. The van der Waals surface area contributed by atoms with Crippen LogP contribution in [-0.2, 0) is 11.2 Å². The minimum Gasteiger partial charge on any atom is -0.493 e. The van der Waals surface area contributed by atoms with Crippen LogP contribution in [0.3, 0.4) is 0 Å². The Balaban J connectivity index is 1.48. The molecule has 4 N–H and O–H groups in total. The molecule has 5 aliphatic rings. The van der Waals surface area contributed by atoms with Crippen molar-refractivity contribution >= 4 is 17.8 Å². The maximum Gasteiger partial charge on any atom is 0.251 e. The molecule has 4 atom stereocenters. The number of carbonyl (C=O) groups is 2. The van der Waals surface area contributed by atoms with Gasteiger partial charge in [-0.2, -0.15) is 0 Å². The van der Waals surface area contributed by atoms with E-state index in [0.717, 1.165) is 36.0 Å². The van der Waals surface area contributed by atoms with Gasteiger partial charge in [0.1, 0.15) is 23.2 Å². The maximum absolute atomic E-state index is 13.6. The molecule has 39 heavy (non-hydrogen) atoms. The van der Waals surface area contributed by atoms with Gasteiger partial charge in [0.15, 0.2) is 5.96 Å². The van der Waals surface area contributed by atoms with E-state index in [1.807, 2.05) is 32.0 Å². The van der Waals surface area contributed by atoms with Gasteiger partial charge in [0, 0.05) is 23.1 Å². The third-order valence-corrected chi connectivity index (χ3v) is 8.80. The van der Waals surface area contributed by atoms with Gasteiger partial charge in [-0.3, -0.25) is 14.5 Å². The molecular weight excluding hydrogens is 496 g/mol. The molecular formula is C30H36N4O5. The molecule has 0 unspecified atom stereocenters. The summed E-state index contributed by atoms with van der Waals surface area (Å²) in [6.07, 6.45) is 2.87. The SMILES string of the molecule is CC[C@@]12CCCc3ccc4c(c3)[C@@H](NC(=O)c3ccc5c(c3)[C@@H](CCO5)N(C(=O)C1)C(N)=N2)[C@H](O)C(C)(C)O4. The summed E-state index contributed by atoms with van der Waals surface area (Å²) in [6.45, 7) is 6.13. The fourth-order valence-corrected chi connectivity index (χ4v) is 6.48. The number of carbonyl (C=O) groups excluding carboxylic acids is 2. The first kappa shape index (κ1) is 25.7. The molecule has 6 bridgehead atoms. The third kappa shape index (κ3) is 4.33. The second kappa shape index (κ2) is 9.26. The van der Waals surface area contributed by atoms with Crippen molar-refractivity contribution in [3.05, 3.63) is 58.7 Å². The number of guanidine groups is 1. The molecule has 2 aromatic carbocycles. The van der Waals surface area contributed by atoms with Crippen molar-refractivity contribution in [2.45, 2.75) is 88.6 Å². The molecule has 5 heterocycles. The van der Waals surface area contributed by atoms with Crippen LogP contribution in [0, 0.1) is 0 Å². The predicted molar refractivity (Wildman–Crippen MR) is 146 cm³/mol. The zero-order chi connectivity index (χ0) is 27.5. The molecule has 0 saturated carbocycles. The summed E-state index contributed by atoms with van der Waals surface area (Å²) in [4.78, 5) is 33.8. The summed E-state index contributed by atoms with van der Waals surface area (Å²) in [6, 6.07) is 10.2. The number of aryl methyl sites for hydroxylation is 1. The van der Waals surface area contributed by atoms with Crippen LogP contribution in [-0.4, -0.2) is 51.6 Å². The van der Waals surface area contributed by atoms with Gasteiger partial charge in [-0.1, -0.05) is 13.0 Å². The molecule has 0 aromatic heterocycles. The van der Waals surface area contributed by atoms with Gasteiger partial charge in [-0.25, -0.2) is 4.99 Å². The number of aliphatic hydroxyl groups excluding tert-OH is 1. The smallest absolute Gasteiger partial charge is 0.251 e. The van der Waals surface area contributed by atoms with Crippen LogP contribution in [0.4, 0.5) is 0 Å². The van der Waals surface area contributed by atoms with Crippen molar-refractivity contribution in [1.82, 2.24) is 10.2 Å². The molecule has 0 aliphatic carbocycles. The predicted octanol–water partition coefficient (Wildman–Crippen LogP) is 3.55. The molecule has 0 radical (unpaired) electrons. The van der Waals surface area contributed by atoms with E-state index in [1.165, 1.54) is 0 Å². The molecule has 0 fully saturated rings. The Labute approximate surface area is 228 Å². The lowest BCUT2D eigenvalue weighted by Crippen LogP contribution is -2.53. The number of aliphatic imine (C=N–C) groups is 1. The number of amides is 2. The highest BCUT2D eigenvalue weighted by Gasteiger charge is 2.45. The molecule has 2 amide bonds. The van der Waals surface area contributed by atoms with Gasteiger partial charge < -0.3 is 25.6 Å². The zero-order valence-corrected chi connectivity index (χ0v) is 22.7. The van der Waals surface area contributed by atoms with Crippen LogP contribution in [0.15, 0.2) is 41.4 Å². The van der Waals surface area contributed by atoms with Gasteiger partial charge in [0.2, 0.25) is 5.91 Å². The number of hydrogen-bond donors (Lipinski definition) is 3. The lowest BCUT2D eigenvalue weighted by molar-refractivity contribution is -0.132. The highest BCUT2D eigenvalue weighted by Crippen LogP contribution is 2.43. The molecule has 206 valence electrons. The largest absolute Gasteiger partial charge is 0.493 e. The van der Waals surface area contributed by atoms with Crippen molar-refractivity contribution in [3.63, 3.8) is 0 Å². The zero-order valence-electron chi connectivity index (χ0n) is 22.7. The third-order valence-electron chi connectivity index (χ3n) is 8.80. The molecule has 0 saturated heterocycles. The number of aliphatic hydroxyl groups is 1. The quantitative estimate of drug-likeness (QED) is 0.516. The highest BCUT2D eigenvalue weighted by molar-refractivity contribution is 6.00. The van der Waals surface area contributed by atoms with Crippen molar-refractivity contribution < 1.29 is 24.2 Å². The van der Waals surface area contributed by atoms with E-state index in [1.54, 1.807) is 23.1 Å². The normalized spacial score (nSPS) is 29.5. The van der Waals surface area contributed by atoms with Gasteiger partial charge in [0.25, 0.3) is 5.91 Å². The number of hydrogen-bond acceptors (Lipinski definition) is 7. The first-order valence-electron chi connectivity index (χ1n) is 13.9. The van der Waals surface area contributed by atoms with E-state index >= 15 is 0 Å². The van der Waals surface area contributed by atoms with Gasteiger partial charge in [-0.15, -0.1) is 0 Å². The Hall–Kier alpha value is -3.59. The van der Waals surface area contributed by atoms with E-state index in [4.69, 9.17) is 20.2 Å². The number of rotatable bonds is 1. The summed E-state index contributed by atoms with van der Waals surface area (Å²) < 4.78 is 12.0. The van der Waals surface area contributed by atoms with Crippen LogP contribution < -0.4 is 20.5 Å². The number of fused-ring (bicyclic) bond motifs is 4.